The predicted molar refractivity (Wildman–Crippen MR) is 74.9 cm³/mol. The van der Waals surface area contributed by atoms with Crippen molar-refractivity contribution in [3.05, 3.63) is 35.4 Å². The van der Waals surface area contributed by atoms with Crippen molar-refractivity contribution in [2.75, 3.05) is 13.2 Å². The topological polar surface area (TPSA) is 38.7 Å². The van der Waals surface area contributed by atoms with E-state index in [0.29, 0.717) is 13.0 Å². The fourth-order valence-corrected chi connectivity index (χ4v) is 2.47. The van der Waals surface area contributed by atoms with Gasteiger partial charge in [-0.1, -0.05) is 44.0 Å². The Morgan fingerprint density at radius 3 is 2.68 bits per heavy atom. The lowest BCUT2D eigenvalue weighted by atomic mass is 10.0. The molecular formula is C16H24O3. The molecule has 0 aromatic heterocycles. The van der Waals surface area contributed by atoms with Gasteiger partial charge in [-0.3, -0.25) is 0 Å². The first-order valence-electron chi connectivity index (χ1n) is 7.20. The highest BCUT2D eigenvalue weighted by molar-refractivity contribution is 5.26. The molecule has 2 unspecified atom stereocenters. The molecule has 1 heterocycles. The van der Waals surface area contributed by atoms with Crippen LogP contribution >= 0.6 is 0 Å². The van der Waals surface area contributed by atoms with Gasteiger partial charge in [-0.2, -0.15) is 0 Å². The maximum absolute atomic E-state index is 8.92. The van der Waals surface area contributed by atoms with Crippen molar-refractivity contribution in [1.29, 1.82) is 0 Å². The van der Waals surface area contributed by atoms with E-state index in [9.17, 15) is 0 Å². The summed E-state index contributed by atoms with van der Waals surface area (Å²) in [5.41, 5.74) is 2.18. The minimum absolute atomic E-state index is 0.183. The van der Waals surface area contributed by atoms with Crippen molar-refractivity contribution in [3.8, 4) is 0 Å². The number of benzene rings is 1. The Kier molecular flexibility index (Phi) is 4.97. The van der Waals surface area contributed by atoms with Crippen molar-refractivity contribution in [2.24, 2.45) is 0 Å². The Bertz CT molecular complexity index is 387. The number of ether oxygens (including phenoxy) is 2. The molecule has 1 saturated heterocycles. The molecule has 1 aliphatic heterocycles. The smallest absolute Gasteiger partial charge is 0.192 e. The fraction of sp³-hybridized carbons (Fsp3) is 0.625. The first-order chi connectivity index (χ1) is 9.18. The molecule has 0 saturated carbocycles. The first kappa shape index (κ1) is 14.5. The molecule has 1 aliphatic rings. The van der Waals surface area contributed by atoms with E-state index in [1.54, 1.807) is 0 Å². The average molecular weight is 264 g/mol. The largest absolute Gasteiger partial charge is 0.396 e. The van der Waals surface area contributed by atoms with Crippen molar-refractivity contribution in [2.45, 2.75) is 51.4 Å². The van der Waals surface area contributed by atoms with Crippen LogP contribution in [0.25, 0.3) is 0 Å². The van der Waals surface area contributed by atoms with Crippen molar-refractivity contribution in [1.82, 2.24) is 0 Å². The van der Waals surface area contributed by atoms with E-state index in [-0.39, 0.29) is 12.7 Å². The van der Waals surface area contributed by atoms with Crippen LogP contribution < -0.4 is 0 Å². The van der Waals surface area contributed by atoms with Gasteiger partial charge in [0.25, 0.3) is 0 Å². The van der Waals surface area contributed by atoms with E-state index < -0.39 is 5.79 Å². The van der Waals surface area contributed by atoms with Crippen LogP contribution in [0.5, 0.6) is 0 Å². The minimum Gasteiger partial charge on any atom is -0.396 e. The van der Waals surface area contributed by atoms with Crippen molar-refractivity contribution in [3.63, 3.8) is 0 Å². The highest BCUT2D eigenvalue weighted by Gasteiger charge is 2.38. The number of hydrogen-bond donors (Lipinski definition) is 1. The number of aliphatic hydroxyl groups is 1. The Morgan fingerprint density at radius 2 is 2.05 bits per heavy atom. The summed E-state index contributed by atoms with van der Waals surface area (Å²) in [5, 5.41) is 8.92. The van der Waals surface area contributed by atoms with Gasteiger partial charge >= 0.3 is 0 Å². The van der Waals surface area contributed by atoms with Gasteiger partial charge in [0.15, 0.2) is 5.79 Å². The van der Waals surface area contributed by atoms with Crippen LogP contribution in [0.3, 0.4) is 0 Å². The van der Waals surface area contributed by atoms with Crippen LogP contribution in [0.15, 0.2) is 24.3 Å². The van der Waals surface area contributed by atoms with Gasteiger partial charge < -0.3 is 14.6 Å². The quantitative estimate of drug-likeness (QED) is 0.858. The Hall–Kier alpha value is -0.900. The molecule has 1 fully saturated rings. The summed E-state index contributed by atoms with van der Waals surface area (Å²) in [5.74, 6) is -0.615. The zero-order valence-corrected chi connectivity index (χ0v) is 11.9. The highest BCUT2D eigenvalue weighted by Crippen LogP contribution is 2.35. The number of rotatable bonds is 6. The molecule has 3 nitrogen and oxygen atoms in total. The van der Waals surface area contributed by atoms with E-state index in [0.717, 1.165) is 17.5 Å². The Labute approximate surface area is 115 Å². The predicted octanol–water partition coefficient (Wildman–Crippen LogP) is 3.00. The molecule has 1 aromatic carbocycles. The van der Waals surface area contributed by atoms with Crippen molar-refractivity contribution < 1.29 is 14.6 Å². The number of hydrogen-bond acceptors (Lipinski definition) is 3. The van der Waals surface area contributed by atoms with Gasteiger partial charge in [0.05, 0.1) is 12.7 Å². The zero-order valence-electron chi connectivity index (χ0n) is 11.9. The second kappa shape index (κ2) is 6.51. The highest BCUT2D eigenvalue weighted by atomic mass is 16.7. The summed E-state index contributed by atoms with van der Waals surface area (Å²) >= 11 is 0. The van der Waals surface area contributed by atoms with E-state index in [1.165, 1.54) is 12.8 Å². The summed E-state index contributed by atoms with van der Waals surface area (Å²) in [4.78, 5) is 0. The summed E-state index contributed by atoms with van der Waals surface area (Å²) in [7, 11) is 0. The lowest BCUT2D eigenvalue weighted by molar-refractivity contribution is -0.162. The second-order valence-electron chi connectivity index (χ2n) is 5.31. The Balaban J connectivity index is 2.00. The third-order valence-corrected chi connectivity index (χ3v) is 3.69. The summed E-state index contributed by atoms with van der Waals surface area (Å²) in [6, 6.07) is 8.13. The summed E-state index contributed by atoms with van der Waals surface area (Å²) in [6.07, 6.45) is 4.33. The molecule has 2 atom stereocenters. The van der Waals surface area contributed by atoms with Crippen molar-refractivity contribution >= 4 is 0 Å². The molecule has 0 aliphatic carbocycles. The molecule has 1 N–H and O–H groups in total. The first-order valence-corrected chi connectivity index (χ1v) is 7.20. The van der Waals surface area contributed by atoms with Crippen LogP contribution in [0.1, 0.15) is 44.2 Å². The third kappa shape index (κ3) is 3.56. The monoisotopic (exact) mass is 264 g/mol. The van der Waals surface area contributed by atoms with E-state index in [2.05, 4.69) is 6.92 Å². The van der Waals surface area contributed by atoms with Crippen LogP contribution in [0.2, 0.25) is 0 Å². The molecule has 0 bridgehead atoms. The zero-order chi connectivity index (χ0) is 13.7. The molecule has 3 heteroatoms. The normalized spacial score (nSPS) is 26.8. The molecule has 0 amide bonds. The maximum Gasteiger partial charge on any atom is 0.192 e. The second-order valence-corrected chi connectivity index (χ2v) is 5.31. The lowest BCUT2D eigenvalue weighted by Crippen LogP contribution is -2.23. The molecule has 1 aromatic rings. The van der Waals surface area contributed by atoms with Crippen LogP contribution in [-0.2, 0) is 21.7 Å². The third-order valence-electron chi connectivity index (χ3n) is 3.69. The SMILES string of the molecule is CCCCC1COC(C)(c2ccc(CCO)cc2)O1. The summed E-state index contributed by atoms with van der Waals surface area (Å²) in [6.45, 7) is 5.03. The summed E-state index contributed by atoms with van der Waals surface area (Å²) < 4.78 is 11.9. The van der Waals surface area contributed by atoms with Gasteiger partial charge in [0, 0.05) is 12.2 Å². The standard InChI is InChI=1S/C16H24O3/c1-3-4-5-15-12-18-16(2,19-15)14-8-6-13(7-9-14)10-11-17/h6-9,15,17H,3-5,10-12H2,1-2H3. The van der Waals surface area contributed by atoms with Crippen LogP contribution in [0.4, 0.5) is 0 Å². The Morgan fingerprint density at radius 1 is 1.32 bits per heavy atom. The van der Waals surface area contributed by atoms with Crippen LogP contribution in [0, 0.1) is 0 Å². The molecule has 19 heavy (non-hydrogen) atoms. The van der Waals surface area contributed by atoms with Gasteiger partial charge in [-0.15, -0.1) is 0 Å². The van der Waals surface area contributed by atoms with Gasteiger partial charge in [-0.05, 0) is 25.3 Å². The van der Waals surface area contributed by atoms with Crippen LogP contribution in [-0.4, -0.2) is 24.4 Å². The van der Waals surface area contributed by atoms with E-state index in [1.807, 2.05) is 31.2 Å². The number of aliphatic hydroxyl groups excluding tert-OH is 1. The maximum atomic E-state index is 8.92. The molecule has 0 radical (unpaired) electrons. The molecule has 0 spiro atoms. The molecule has 106 valence electrons. The van der Waals surface area contributed by atoms with Gasteiger partial charge in [0.2, 0.25) is 0 Å². The fourth-order valence-electron chi connectivity index (χ4n) is 2.47. The molecular weight excluding hydrogens is 240 g/mol. The molecule has 2 rings (SSSR count). The number of unbranched alkanes of at least 4 members (excludes halogenated alkanes) is 1. The van der Waals surface area contributed by atoms with Gasteiger partial charge in [-0.25, -0.2) is 0 Å². The average Bonchev–Trinajstić information content (AvgIpc) is 2.81. The van der Waals surface area contributed by atoms with E-state index in [4.69, 9.17) is 14.6 Å². The lowest BCUT2D eigenvalue weighted by Gasteiger charge is -2.24. The minimum atomic E-state index is -0.615. The van der Waals surface area contributed by atoms with E-state index >= 15 is 0 Å². The van der Waals surface area contributed by atoms with Gasteiger partial charge in [0.1, 0.15) is 0 Å².